The van der Waals surface area contributed by atoms with Crippen LogP contribution in [0.3, 0.4) is 0 Å². The van der Waals surface area contributed by atoms with E-state index in [0.717, 1.165) is 24.0 Å². The van der Waals surface area contributed by atoms with Gasteiger partial charge in [-0.15, -0.1) is 0 Å². The van der Waals surface area contributed by atoms with Crippen LogP contribution in [0.25, 0.3) is 11.3 Å². The predicted octanol–water partition coefficient (Wildman–Crippen LogP) is 4.47. The van der Waals surface area contributed by atoms with Crippen molar-refractivity contribution in [3.05, 3.63) is 90.4 Å². The third-order valence-electron chi connectivity index (χ3n) is 6.58. The number of hydrogen-bond donors (Lipinski definition) is 2. The molecule has 0 unspecified atom stereocenters. The van der Waals surface area contributed by atoms with E-state index in [0.29, 0.717) is 28.8 Å². The second-order valence-electron chi connectivity index (χ2n) is 8.94. The average molecular weight is 520 g/mol. The first-order chi connectivity index (χ1) is 17.9. The largest absolute Gasteiger partial charge is 0.468 e. The summed E-state index contributed by atoms with van der Waals surface area (Å²) >= 11 is 0. The monoisotopic (exact) mass is 519 g/mol. The standard InChI is InChI=1S/C27H23N3O6S.H2/c31-26(27(12-13-27)19-8-11-23-24(15-19)36-17-35-23)30-25-5-1-4-22(29-25)18-6-9-21(10-7-18)37(32,33)28-16-20-3-2-14-34-20;/h1-11,14-15,28H,12-13,16-17H2,(H,29,30,31);1H. The molecule has 1 aliphatic carbocycles. The van der Waals surface area contributed by atoms with Gasteiger partial charge in [0.15, 0.2) is 11.5 Å². The number of aromatic nitrogens is 1. The van der Waals surface area contributed by atoms with E-state index in [9.17, 15) is 13.2 Å². The summed E-state index contributed by atoms with van der Waals surface area (Å²) in [5.74, 6) is 2.15. The number of sulfonamides is 1. The molecular formula is C27H25N3O6S. The van der Waals surface area contributed by atoms with Crippen molar-refractivity contribution in [2.45, 2.75) is 29.7 Å². The van der Waals surface area contributed by atoms with Gasteiger partial charge in [0.1, 0.15) is 11.6 Å². The summed E-state index contributed by atoms with van der Waals surface area (Å²) in [6.07, 6.45) is 2.97. The number of furan rings is 1. The van der Waals surface area contributed by atoms with Crippen LogP contribution in [-0.4, -0.2) is 26.1 Å². The van der Waals surface area contributed by atoms with Gasteiger partial charge in [-0.1, -0.05) is 24.3 Å². The second-order valence-corrected chi connectivity index (χ2v) is 10.7. The number of fused-ring (bicyclic) bond motifs is 1. The molecule has 2 N–H and O–H groups in total. The van der Waals surface area contributed by atoms with Crippen molar-refractivity contribution < 1.29 is 28.5 Å². The Morgan fingerprint density at radius 1 is 0.973 bits per heavy atom. The van der Waals surface area contributed by atoms with E-state index < -0.39 is 15.4 Å². The molecule has 0 saturated heterocycles. The highest BCUT2D eigenvalue weighted by molar-refractivity contribution is 7.89. The molecule has 1 saturated carbocycles. The molecule has 2 aliphatic rings. The first-order valence-corrected chi connectivity index (χ1v) is 13.2. The zero-order valence-electron chi connectivity index (χ0n) is 19.6. The molecule has 37 heavy (non-hydrogen) atoms. The molecule has 2 aromatic heterocycles. The van der Waals surface area contributed by atoms with E-state index in [1.165, 1.54) is 18.4 Å². The Morgan fingerprint density at radius 3 is 2.54 bits per heavy atom. The SMILES string of the molecule is O=C(Nc1cccc(-c2ccc(S(=O)(=O)NCc3ccco3)cc2)n1)C1(c2ccc3c(c2)OCO3)CC1.[HH]. The maximum absolute atomic E-state index is 13.2. The summed E-state index contributed by atoms with van der Waals surface area (Å²) in [7, 11) is -3.70. The lowest BCUT2D eigenvalue weighted by Gasteiger charge is -2.16. The number of carbonyl (C=O) groups is 1. The van der Waals surface area contributed by atoms with Gasteiger partial charge < -0.3 is 19.2 Å². The van der Waals surface area contributed by atoms with Crippen LogP contribution in [0, 0.1) is 0 Å². The summed E-state index contributed by atoms with van der Waals surface area (Å²) < 4.78 is 43.7. The minimum Gasteiger partial charge on any atom is -0.468 e. The van der Waals surface area contributed by atoms with Crippen molar-refractivity contribution in [3.63, 3.8) is 0 Å². The summed E-state index contributed by atoms with van der Waals surface area (Å²) in [6, 6.07) is 20.8. The molecule has 0 bridgehead atoms. The van der Waals surface area contributed by atoms with Gasteiger partial charge >= 0.3 is 0 Å². The molecule has 1 aliphatic heterocycles. The number of anilines is 1. The van der Waals surface area contributed by atoms with Gasteiger partial charge in [-0.05, 0) is 66.9 Å². The van der Waals surface area contributed by atoms with E-state index in [1.807, 2.05) is 18.2 Å². The third-order valence-corrected chi connectivity index (χ3v) is 7.99. The summed E-state index contributed by atoms with van der Waals surface area (Å²) in [5.41, 5.74) is 1.61. The summed E-state index contributed by atoms with van der Waals surface area (Å²) in [4.78, 5) is 18.0. The molecule has 6 rings (SSSR count). The van der Waals surface area contributed by atoms with E-state index in [1.54, 1.807) is 42.5 Å². The number of rotatable bonds is 8. The molecule has 190 valence electrons. The van der Waals surface area contributed by atoms with Crippen molar-refractivity contribution in [2.75, 3.05) is 12.1 Å². The van der Waals surface area contributed by atoms with Crippen LogP contribution >= 0.6 is 0 Å². The fraction of sp³-hybridized carbons (Fsp3) is 0.185. The van der Waals surface area contributed by atoms with Gasteiger partial charge in [0.05, 0.1) is 28.8 Å². The number of nitrogens with zero attached hydrogens (tertiary/aromatic N) is 1. The van der Waals surface area contributed by atoms with Gasteiger partial charge in [-0.2, -0.15) is 0 Å². The van der Waals surface area contributed by atoms with Crippen LogP contribution < -0.4 is 19.5 Å². The lowest BCUT2D eigenvalue weighted by molar-refractivity contribution is -0.118. The Morgan fingerprint density at radius 2 is 1.78 bits per heavy atom. The molecule has 0 radical (unpaired) electrons. The van der Waals surface area contributed by atoms with Crippen LogP contribution in [-0.2, 0) is 26.8 Å². The van der Waals surface area contributed by atoms with Gasteiger partial charge in [0.25, 0.3) is 0 Å². The zero-order chi connectivity index (χ0) is 25.5. The van der Waals surface area contributed by atoms with Crippen molar-refractivity contribution in [1.29, 1.82) is 0 Å². The molecule has 0 spiro atoms. The zero-order valence-corrected chi connectivity index (χ0v) is 20.5. The normalized spacial score (nSPS) is 15.4. The van der Waals surface area contributed by atoms with Crippen molar-refractivity contribution in [2.24, 2.45) is 0 Å². The number of pyridine rings is 1. The lowest BCUT2D eigenvalue weighted by atomic mass is 9.94. The quantitative estimate of drug-likeness (QED) is 0.353. The molecule has 4 aromatic rings. The van der Waals surface area contributed by atoms with Crippen LogP contribution in [0.15, 0.2) is 88.4 Å². The van der Waals surface area contributed by atoms with E-state index >= 15 is 0 Å². The second kappa shape index (κ2) is 9.06. The van der Waals surface area contributed by atoms with Gasteiger partial charge in [0.2, 0.25) is 22.7 Å². The topological polar surface area (TPSA) is 120 Å². The fourth-order valence-electron chi connectivity index (χ4n) is 4.33. The Bertz CT molecular complexity index is 1570. The Balaban J connectivity index is 0.00000294. The highest BCUT2D eigenvalue weighted by Crippen LogP contribution is 2.51. The number of ether oxygens (including phenoxy) is 2. The van der Waals surface area contributed by atoms with Gasteiger partial charge in [-0.25, -0.2) is 18.1 Å². The van der Waals surface area contributed by atoms with Gasteiger partial charge in [-0.3, -0.25) is 4.79 Å². The Hall–Kier alpha value is -4.15. The molecule has 1 amide bonds. The van der Waals surface area contributed by atoms with E-state index in [4.69, 9.17) is 13.9 Å². The van der Waals surface area contributed by atoms with Crippen molar-refractivity contribution >= 4 is 21.7 Å². The maximum atomic E-state index is 13.2. The minimum atomic E-state index is -3.70. The van der Waals surface area contributed by atoms with E-state index in [2.05, 4.69) is 15.0 Å². The number of hydrogen-bond acceptors (Lipinski definition) is 7. The van der Waals surface area contributed by atoms with Crippen LogP contribution in [0.1, 0.15) is 25.6 Å². The van der Waals surface area contributed by atoms with Crippen LogP contribution in [0.2, 0.25) is 0 Å². The Labute approximate surface area is 215 Å². The first kappa shape index (κ1) is 23.3. The highest BCUT2D eigenvalue weighted by atomic mass is 32.2. The number of carbonyl (C=O) groups excluding carboxylic acids is 1. The van der Waals surface area contributed by atoms with Crippen LogP contribution in [0.4, 0.5) is 5.82 Å². The molecule has 9 nitrogen and oxygen atoms in total. The molecular weight excluding hydrogens is 494 g/mol. The fourth-order valence-corrected chi connectivity index (χ4v) is 5.33. The van der Waals surface area contributed by atoms with Crippen molar-refractivity contribution in [3.8, 4) is 22.8 Å². The van der Waals surface area contributed by atoms with E-state index in [-0.39, 0.29) is 25.6 Å². The maximum Gasteiger partial charge on any atom is 0.240 e. The average Bonchev–Trinajstić information content (AvgIpc) is 3.31. The number of amides is 1. The lowest BCUT2D eigenvalue weighted by Crippen LogP contribution is -2.28. The summed E-state index contributed by atoms with van der Waals surface area (Å²) in [6.45, 7) is 0.247. The molecule has 0 atom stereocenters. The first-order valence-electron chi connectivity index (χ1n) is 11.7. The number of nitrogens with one attached hydrogen (secondary N) is 2. The molecule has 2 aromatic carbocycles. The highest BCUT2D eigenvalue weighted by Gasteiger charge is 2.51. The van der Waals surface area contributed by atoms with Crippen LogP contribution in [0.5, 0.6) is 11.5 Å². The third kappa shape index (κ3) is 4.56. The van der Waals surface area contributed by atoms with Crippen molar-refractivity contribution in [1.82, 2.24) is 9.71 Å². The molecule has 3 heterocycles. The summed E-state index contributed by atoms with van der Waals surface area (Å²) in [5, 5.41) is 2.95. The molecule has 1 fully saturated rings. The van der Waals surface area contributed by atoms with Gasteiger partial charge in [0, 0.05) is 6.99 Å². The molecule has 10 heteroatoms. The number of benzene rings is 2. The smallest absolute Gasteiger partial charge is 0.240 e. The minimum absolute atomic E-state index is 0. The Kier molecular flexibility index (Phi) is 5.69. The predicted molar refractivity (Wildman–Crippen MR) is 137 cm³/mol.